The summed E-state index contributed by atoms with van der Waals surface area (Å²) in [6.45, 7) is 7.68. The van der Waals surface area contributed by atoms with E-state index in [1.807, 2.05) is 0 Å². The molecular formula is C17H24N2. The van der Waals surface area contributed by atoms with Crippen molar-refractivity contribution >= 4 is 10.9 Å². The fraction of sp³-hybridized carbons (Fsp3) is 0.529. The van der Waals surface area contributed by atoms with Crippen LogP contribution in [0.5, 0.6) is 0 Å². The van der Waals surface area contributed by atoms with Crippen molar-refractivity contribution < 1.29 is 0 Å². The number of fused-ring (bicyclic) bond motifs is 3. The first-order chi connectivity index (χ1) is 9.20. The van der Waals surface area contributed by atoms with Crippen molar-refractivity contribution in [2.45, 2.75) is 52.5 Å². The molecule has 0 amide bonds. The van der Waals surface area contributed by atoms with Gasteiger partial charge in [0.25, 0.3) is 0 Å². The number of H-pyrrole nitrogens is 1. The highest BCUT2D eigenvalue weighted by Crippen LogP contribution is 2.36. The number of rotatable bonds is 2. The number of aromatic nitrogens is 1. The molecule has 0 radical (unpaired) electrons. The van der Waals surface area contributed by atoms with Gasteiger partial charge < -0.3 is 10.3 Å². The molecule has 1 aromatic heterocycles. The summed E-state index contributed by atoms with van der Waals surface area (Å²) in [5.41, 5.74) is 7.10. The molecular weight excluding hydrogens is 232 g/mol. The van der Waals surface area contributed by atoms with E-state index in [1.165, 1.54) is 53.4 Å². The molecule has 1 aromatic carbocycles. The number of aromatic amines is 1. The molecule has 1 heterocycles. The highest BCUT2D eigenvalue weighted by Gasteiger charge is 2.23. The Kier molecular flexibility index (Phi) is 3.36. The zero-order valence-corrected chi connectivity index (χ0v) is 12.3. The third-order valence-electron chi connectivity index (χ3n) is 4.33. The summed E-state index contributed by atoms with van der Waals surface area (Å²) in [6.07, 6.45) is 5.10. The van der Waals surface area contributed by atoms with Crippen molar-refractivity contribution in [2.75, 3.05) is 6.54 Å². The van der Waals surface area contributed by atoms with E-state index in [9.17, 15) is 0 Å². The molecule has 2 N–H and O–H groups in total. The van der Waals surface area contributed by atoms with E-state index in [4.69, 9.17) is 0 Å². The Balaban J connectivity index is 2.23. The number of hydrogen-bond acceptors (Lipinski definition) is 1. The number of hydrogen-bond donors (Lipinski definition) is 2. The molecule has 1 atom stereocenters. The summed E-state index contributed by atoms with van der Waals surface area (Å²) in [7, 11) is 0. The standard InChI is InChI=1S/C17H24N2/c1-4-18-13-7-5-6-8-14-17(13)16-12(3)9-11(2)10-15(16)19-14/h9-10,13,18-19H,4-8H2,1-3H3. The fourth-order valence-electron chi connectivity index (χ4n) is 3.63. The Hall–Kier alpha value is -1.28. The van der Waals surface area contributed by atoms with Crippen molar-refractivity contribution in [1.82, 2.24) is 10.3 Å². The van der Waals surface area contributed by atoms with Crippen LogP contribution in [0.1, 0.15) is 54.6 Å². The quantitative estimate of drug-likeness (QED) is 0.776. The van der Waals surface area contributed by atoms with E-state index in [0.29, 0.717) is 6.04 Å². The van der Waals surface area contributed by atoms with E-state index >= 15 is 0 Å². The molecule has 1 unspecified atom stereocenters. The molecule has 1 aliphatic rings. The molecule has 2 heteroatoms. The summed E-state index contributed by atoms with van der Waals surface area (Å²) in [5.74, 6) is 0. The lowest BCUT2D eigenvalue weighted by Crippen LogP contribution is -2.20. The van der Waals surface area contributed by atoms with Gasteiger partial charge in [0.05, 0.1) is 0 Å². The van der Waals surface area contributed by atoms with Crippen LogP contribution in [0.25, 0.3) is 10.9 Å². The van der Waals surface area contributed by atoms with Crippen molar-refractivity contribution in [2.24, 2.45) is 0 Å². The minimum absolute atomic E-state index is 0.526. The Bertz CT molecular complexity index is 595. The Morgan fingerprint density at radius 1 is 1.26 bits per heavy atom. The second kappa shape index (κ2) is 5.01. The van der Waals surface area contributed by atoms with E-state index in [2.05, 4.69) is 43.2 Å². The van der Waals surface area contributed by atoms with Crippen LogP contribution < -0.4 is 5.32 Å². The van der Waals surface area contributed by atoms with Crippen LogP contribution in [-0.2, 0) is 6.42 Å². The smallest absolute Gasteiger partial charge is 0.0464 e. The normalized spacial score (nSPS) is 19.4. The molecule has 102 valence electrons. The van der Waals surface area contributed by atoms with Gasteiger partial charge in [-0.25, -0.2) is 0 Å². The Morgan fingerprint density at radius 3 is 2.89 bits per heavy atom. The molecule has 1 aliphatic carbocycles. The van der Waals surface area contributed by atoms with Gasteiger partial charge in [-0.3, -0.25) is 0 Å². The average molecular weight is 256 g/mol. The monoisotopic (exact) mass is 256 g/mol. The summed E-state index contributed by atoms with van der Waals surface area (Å²) in [6, 6.07) is 5.13. The maximum absolute atomic E-state index is 3.69. The van der Waals surface area contributed by atoms with E-state index in [0.717, 1.165) is 6.54 Å². The molecule has 0 bridgehead atoms. The molecule has 0 saturated heterocycles. The zero-order valence-electron chi connectivity index (χ0n) is 12.3. The molecule has 2 aromatic rings. The lowest BCUT2D eigenvalue weighted by atomic mass is 9.97. The van der Waals surface area contributed by atoms with Crippen LogP contribution in [0.15, 0.2) is 12.1 Å². The topological polar surface area (TPSA) is 27.8 Å². The summed E-state index contributed by atoms with van der Waals surface area (Å²) < 4.78 is 0. The second-order valence-electron chi connectivity index (χ2n) is 5.88. The van der Waals surface area contributed by atoms with Crippen LogP contribution in [0, 0.1) is 13.8 Å². The van der Waals surface area contributed by atoms with Gasteiger partial charge in [0.2, 0.25) is 0 Å². The molecule has 2 nitrogen and oxygen atoms in total. The molecule has 0 spiro atoms. The minimum atomic E-state index is 0.526. The van der Waals surface area contributed by atoms with Crippen molar-refractivity contribution in [3.05, 3.63) is 34.5 Å². The number of aryl methyl sites for hydroxylation is 3. The summed E-state index contributed by atoms with van der Waals surface area (Å²) >= 11 is 0. The predicted octanol–water partition coefficient (Wildman–Crippen LogP) is 4.16. The zero-order chi connectivity index (χ0) is 13.4. The van der Waals surface area contributed by atoms with Crippen LogP contribution in [0.3, 0.4) is 0 Å². The second-order valence-corrected chi connectivity index (χ2v) is 5.88. The SMILES string of the molecule is CCNC1CCCCc2[nH]c3cc(C)cc(C)c3c21. The van der Waals surface area contributed by atoms with Crippen LogP contribution in [-0.4, -0.2) is 11.5 Å². The first-order valence-electron chi connectivity index (χ1n) is 7.55. The minimum Gasteiger partial charge on any atom is -0.358 e. The first-order valence-corrected chi connectivity index (χ1v) is 7.55. The molecule has 0 fully saturated rings. The largest absolute Gasteiger partial charge is 0.358 e. The Morgan fingerprint density at radius 2 is 2.11 bits per heavy atom. The maximum Gasteiger partial charge on any atom is 0.0464 e. The van der Waals surface area contributed by atoms with Gasteiger partial charge in [-0.05, 0) is 62.4 Å². The number of benzene rings is 1. The van der Waals surface area contributed by atoms with Crippen LogP contribution in [0.2, 0.25) is 0 Å². The van der Waals surface area contributed by atoms with Gasteiger partial charge in [-0.2, -0.15) is 0 Å². The highest BCUT2D eigenvalue weighted by molar-refractivity contribution is 5.89. The summed E-state index contributed by atoms with van der Waals surface area (Å²) in [5, 5.41) is 5.15. The van der Waals surface area contributed by atoms with E-state index in [-0.39, 0.29) is 0 Å². The van der Waals surface area contributed by atoms with Crippen molar-refractivity contribution in [3.8, 4) is 0 Å². The van der Waals surface area contributed by atoms with Gasteiger partial charge in [0.15, 0.2) is 0 Å². The molecule has 19 heavy (non-hydrogen) atoms. The van der Waals surface area contributed by atoms with Gasteiger partial charge in [-0.1, -0.05) is 19.4 Å². The lowest BCUT2D eigenvalue weighted by molar-refractivity contribution is 0.506. The fourth-order valence-corrected chi connectivity index (χ4v) is 3.63. The third kappa shape index (κ3) is 2.18. The first kappa shape index (κ1) is 12.7. The molecule has 0 aliphatic heterocycles. The molecule has 3 rings (SSSR count). The van der Waals surface area contributed by atoms with Gasteiger partial charge >= 0.3 is 0 Å². The third-order valence-corrected chi connectivity index (χ3v) is 4.33. The van der Waals surface area contributed by atoms with Crippen molar-refractivity contribution in [1.29, 1.82) is 0 Å². The highest BCUT2D eigenvalue weighted by atomic mass is 14.9. The van der Waals surface area contributed by atoms with E-state index in [1.54, 1.807) is 5.56 Å². The van der Waals surface area contributed by atoms with Crippen molar-refractivity contribution in [3.63, 3.8) is 0 Å². The van der Waals surface area contributed by atoms with Crippen LogP contribution >= 0.6 is 0 Å². The summed E-state index contributed by atoms with van der Waals surface area (Å²) in [4.78, 5) is 3.69. The van der Waals surface area contributed by atoms with Crippen LogP contribution in [0.4, 0.5) is 0 Å². The van der Waals surface area contributed by atoms with E-state index < -0.39 is 0 Å². The average Bonchev–Trinajstić information content (AvgIpc) is 2.61. The molecule has 0 saturated carbocycles. The number of nitrogens with one attached hydrogen (secondary N) is 2. The predicted molar refractivity (Wildman–Crippen MR) is 81.7 cm³/mol. The van der Waals surface area contributed by atoms with Gasteiger partial charge in [-0.15, -0.1) is 0 Å². The van der Waals surface area contributed by atoms with Gasteiger partial charge in [0.1, 0.15) is 0 Å². The maximum atomic E-state index is 3.69. The lowest BCUT2D eigenvalue weighted by Gasteiger charge is -2.17. The van der Waals surface area contributed by atoms with Gasteiger partial charge in [0, 0.05) is 22.6 Å². The Labute approximate surface area is 115 Å².